The van der Waals surface area contributed by atoms with Crippen LogP contribution in [-0.4, -0.2) is 12.1 Å². The molecular weight excluding hydrogens is 244 g/mol. The normalized spacial score (nSPS) is 15.1. The molecule has 0 saturated heterocycles. The summed E-state index contributed by atoms with van der Waals surface area (Å²) in [5.41, 5.74) is 0.590. The molecule has 1 nitrogen and oxygen atoms in total. The Labute approximate surface area is 114 Å². The minimum absolute atomic E-state index is 0.0122. The molecule has 1 aromatic carbocycles. The van der Waals surface area contributed by atoms with Gasteiger partial charge < -0.3 is 5.32 Å². The van der Waals surface area contributed by atoms with E-state index in [4.69, 9.17) is 0 Å². The van der Waals surface area contributed by atoms with Gasteiger partial charge in [-0.1, -0.05) is 19.1 Å². The van der Waals surface area contributed by atoms with Gasteiger partial charge in [0.2, 0.25) is 0 Å². The van der Waals surface area contributed by atoms with Crippen LogP contribution >= 0.6 is 0 Å². The van der Waals surface area contributed by atoms with Gasteiger partial charge in [-0.15, -0.1) is 6.58 Å². The fourth-order valence-electron chi connectivity index (χ4n) is 1.79. The number of hydrogen-bond donors (Lipinski definition) is 1. The van der Waals surface area contributed by atoms with Crippen LogP contribution in [0, 0.1) is 17.0 Å². The number of nitrogens with one attached hydrogen (secondary N) is 1. The van der Waals surface area contributed by atoms with Crippen molar-refractivity contribution in [2.45, 2.75) is 39.7 Å². The first kappa shape index (κ1) is 15.8. The van der Waals surface area contributed by atoms with Gasteiger partial charge in [0, 0.05) is 17.5 Å². The Balaban J connectivity index is 2.79. The summed E-state index contributed by atoms with van der Waals surface area (Å²) in [5.74, 6) is -1.61. The van der Waals surface area contributed by atoms with E-state index in [0.29, 0.717) is 6.42 Å². The smallest absolute Gasteiger partial charge is 0.159 e. The van der Waals surface area contributed by atoms with Gasteiger partial charge in [-0.25, -0.2) is 8.78 Å². The minimum Gasteiger partial charge on any atom is -0.311 e. The second-order valence-electron chi connectivity index (χ2n) is 6.39. The molecule has 0 aromatic heterocycles. The third kappa shape index (κ3) is 5.11. The van der Waals surface area contributed by atoms with Gasteiger partial charge >= 0.3 is 0 Å². The van der Waals surface area contributed by atoms with Crippen LogP contribution in [0.15, 0.2) is 30.9 Å². The van der Waals surface area contributed by atoms with Gasteiger partial charge in [-0.3, -0.25) is 0 Å². The molecule has 0 radical (unpaired) electrons. The zero-order chi connectivity index (χ0) is 14.7. The van der Waals surface area contributed by atoms with Crippen molar-refractivity contribution in [1.82, 2.24) is 5.32 Å². The first-order valence-electron chi connectivity index (χ1n) is 6.48. The molecule has 0 heterocycles. The lowest BCUT2D eigenvalue weighted by atomic mass is 9.83. The number of rotatable bonds is 5. The first-order chi connectivity index (χ1) is 8.65. The van der Waals surface area contributed by atoms with Crippen LogP contribution in [0.5, 0.6) is 0 Å². The van der Waals surface area contributed by atoms with E-state index < -0.39 is 11.6 Å². The lowest BCUT2D eigenvalue weighted by Gasteiger charge is -2.31. The molecule has 0 amide bonds. The van der Waals surface area contributed by atoms with Crippen molar-refractivity contribution in [3.63, 3.8) is 0 Å². The van der Waals surface area contributed by atoms with E-state index in [0.717, 1.165) is 12.1 Å². The Morgan fingerprint density at radius 3 is 2.26 bits per heavy atom. The summed E-state index contributed by atoms with van der Waals surface area (Å²) in [6.07, 6.45) is 2.49. The predicted octanol–water partition coefficient (Wildman–Crippen LogP) is 4.09. The van der Waals surface area contributed by atoms with Crippen LogP contribution in [0.1, 0.15) is 33.3 Å². The minimum atomic E-state index is -0.808. The second kappa shape index (κ2) is 5.83. The largest absolute Gasteiger partial charge is 0.311 e. The summed E-state index contributed by atoms with van der Waals surface area (Å²) < 4.78 is 26.1. The maximum atomic E-state index is 13.2. The molecule has 106 valence electrons. The first-order valence-corrected chi connectivity index (χ1v) is 6.48. The van der Waals surface area contributed by atoms with Crippen LogP contribution in [-0.2, 0) is 6.42 Å². The average molecular weight is 267 g/mol. The Hall–Kier alpha value is -1.22. The van der Waals surface area contributed by atoms with Crippen molar-refractivity contribution in [3.8, 4) is 0 Å². The zero-order valence-corrected chi connectivity index (χ0v) is 12.2. The molecule has 1 atom stereocenters. The molecule has 0 aliphatic heterocycles. The third-order valence-corrected chi connectivity index (χ3v) is 3.11. The molecule has 0 fully saturated rings. The standard InChI is InChI=1S/C16H23F2N/c1-6-16(5,11-19-15(2,3)4)10-12-7-8-13(17)14(18)9-12/h6-9,19H,1,10-11H2,2-5H3. The monoisotopic (exact) mass is 267 g/mol. The van der Waals surface area contributed by atoms with Crippen molar-refractivity contribution < 1.29 is 8.78 Å². The summed E-state index contributed by atoms with van der Waals surface area (Å²) in [6, 6.07) is 4.05. The van der Waals surface area contributed by atoms with E-state index in [-0.39, 0.29) is 11.0 Å². The topological polar surface area (TPSA) is 12.0 Å². The molecule has 0 saturated carbocycles. The Morgan fingerprint density at radius 1 is 1.16 bits per heavy atom. The fourth-order valence-corrected chi connectivity index (χ4v) is 1.79. The molecule has 1 N–H and O–H groups in total. The molecule has 0 spiro atoms. The van der Waals surface area contributed by atoms with Crippen molar-refractivity contribution in [1.29, 1.82) is 0 Å². The van der Waals surface area contributed by atoms with Crippen molar-refractivity contribution >= 4 is 0 Å². The average Bonchev–Trinajstić information content (AvgIpc) is 2.31. The highest BCUT2D eigenvalue weighted by Gasteiger charge is 2.23. The lowest BCUT2D eigenvalue weighted by Crippen LogP contribution is -2.43. The molecule has 1 rings (SSSR count). The third-order valence-electron chi connectivity index (χ3n) is 3.11. The molecule has 0 aliphatic rings. The maximum Gasteiger partial charge on any atom is 0.159 e. The Kier molecular flexibility index (Phi) is 4.86. The highest BCUT2D eigenvalue weighted by Crippen LogP contribution is 2.25. The quantitative estimate of drug-likeness (QED) is 0.792. The van der Waals surface area contributed by atoms with Crippen LogP contribution in [0.4, 0.5) is 8.78 Å². The van der Waals surface area contributed by atoms with E-state index in [1.807, 2.05) is 6.08 Å². The van der Waals surface area contributed by atoms with Crippen LogP contribution in [0.25, 0.3) is 0 Å². The molecule has 1 aromatic rings. The SMILES string of the molecule is C=CC(C)(CNC(C)(C)C)Cc1ccc(F)c(F)c1. The molecule has 1 unspecified atom stereocenters. The number of benzene rings is 1. The summed E-state index contributed by atoms with van der Waals surface area (Å²) >= 11 is 0. The van der Waals surface area contributed by atoms with Crippen LogP contribution < -0.4 is 5.32 Å². The Morgan fingerprint density at radius 2 is 1.79 bits per heavy atom. The molecule has 19 heavy (non-hydrogen) atoms. The zero-order valence-electron chi connectivity index (χ0n) is 12.2. The highest BCUT2D eigenvalue weighted by molar-refractivity contribution is 5.20. The number of halogens is 2. The van der Waals surface area contributed by atoms with Gasteiger partial charge in [0.1, 0.15) is 0 Å². The van der Waals surface area contributed by atoms with E-state index in [1.54, 1.807) is 6.07 Å². The van der Waals surface area contributed by atoms with Gasteiger partial charge in [0.05, 0.1) is 0 Å². The second-order valence-corrected chi connectivity index (χ2v) is 6.39. The van der Waals surface area contributed by atoms with Crippen molar-refractivity contribution in [2.75, 3.05) is 6.54 Å². The van der Waals surface area contributed by atoms with Gasteiger partial charge in [0.25, 0.3) is 0 Å². The van der Waals surface area contributed by atoms with Crippen LogP contribution in [0.3, 0.4) is 0 Å². The van der Waals surface area contributed by atoms with E-state index in [2.05, 4.69) is 39.6 Å². The highest BCUT2D eigenvalue weighted by atomic mass is 19.2. The van der Waals surface area contributed by atoms with E-state index >= 15 is 0 Å². The number of hydrogen-bond acceptors (Lipinski definition) is 1. The van der Waals surface area contributed by atoms with Gasteiger partial charge in [0.15, 0.2) is 11.6 Å². The maximum absolute atomic E-state index is 13.2. The van der Waals surface area contributed by atoms with Gasteiger partial charge in [-0.2, -0.15) is 0 Å². The fraction of sp³-hybridized carbons (Fsp3) is 0.500. The van der Waals surface area contributed by atoms with Crippen molar-refractivity contribution in [3.05, 3.63) is 48.1 Å². The summed E-state index contributed by atoms with van der Waals surface area (Å²) in [6.45, 7) is 12.9. The molecular formula is C16H23F2N. The van der Waals surface area contributed by atoms with Gasteiger partial charge in [-0.05, 0) is 44.9 Å². The molecule has 0 aliphatic carbocycles. The van der Waals surface area contributed by atoms with E-state index in [9.17, 15) is 8.78 Å². The molecule has 3 heteroatoms. The van der Waals surface area contributed by atoms with Crippen molar-refractivity contribution in [2.24, 2.45) is 5.41 Å². The summed E-state index contributed by atoms with van der Waals surface area (Å²) in [7, 11) is 0. The Bertz CT molecular complexity index is 449. The summed E-state index contributed by atoms with van der Waals surface area (Å²) in [4.78, 5) is 0. The van der Waals surface area contributed by atoms with Crippen LogP contribution in [0.2, 0.25) is 0 Å². The molecule has 0 bridgehead atoms. The predicted molar refractivity (Wildman–Crippen MR) is 76.1 cm³/mol. The lowest BCUT2D eigenvalue weighted by molar-refractivity contribution is 0.322. The summed E-state index contributed by atoms with van der Waals surface area (Å²) in [5, 5.41) is 3.42. The van der Waals surface area contributed by atoms with E-state index in [1.165, 1.54) is 12.1 Å².